The Balaban J connectivity index is 1.22. The quantitative estimate of drug-likeness (QED) is 0.585. The van der Waals surface area contributed by atoms with Gasteiger partial charge < -0.3 is 9.80 Å². The molecule has 0 N–H and O–H groups in total. The van der Waals surface area contributed by atoms with Crippen LogP contribution in [-0.4, -0.2) is 72.0 Å². The van der Waals surface area contributed by atoms with Gasteiger partial charge >= 0.3 is 0 Å². The van der Waals surface area contributed by atoms with Gasteiger partial charge in [0.15, 0.2) is 11.6 Å². The van der Waals surface area contributed by atoms with Gasteiger partial charge in [0, 0.05) is 51.7 Å². The van der Waals surface area contributed by atoms with Gasteiger partial charge in [0.05, 0.1) is 10.6 Å². The molecule has 0 unspecified atom stereocenters. The third-order valence-electron chi connectivity index (χ3n) is 6.12. The fraction of sp³-hybridized carbons (Fsp3) is 0.409. The molecule has 2 saturated heterocycles. The highest BCUT2D eigenvalue weighted by Gasteiger charge is 2.29. The second kappa shape index (κ2) is 8.87. The number of aromatic nitrogens is 4. The minimum absolute atomic E-state index is 0.299. The lowest BCUT2D eigenvalue weighted by molar-refractivity contribution is 0.383. The van der Waals surface area contributed by atoms with Crippen LogP contribution in [0.3, 0.4) is 0 Å². The number of sulfonamides is 1. The van der Waals surface area contributed by atoms with E-state index in [0.717, 1.165) is 30.4 Å². The summed E-state index contributed by atoms with van der Waals surface area (Å²) in [6.45, 7) is 4.07. The highest BCUT2D eigenvalue weighted by atomic mass is 32.2. The van der Waals surface area contributed by atoms with E-state index in [1.54, 1.807) is 39.4 Å². The Labute approximate surface area is 188 Å². The first-order valence-corrected chi connectivity index (χ1v) is 12.5. The van der Waals surface area contributed by atoms with Crippen LogP contribution in [0.15, 0.2) is 59.8 Å². The molecule has 0 aliphatic carbocycles. The van der Waals surface area contributed by atoms with Crippen molar-refractivity contribution >= 4 is 21.7 Å². The predicted molar refractivity (Wildman–Crippen MR) is 123 cm³/mol. The van der Waals surface area contributed by atoms with Crippen LogP contribution in [0.4, 0.5) is 11.6 Å². The summed E-state index contributed by atoms with van der Waals surface area (Å²) >= 11 is 0. The molecule has 2 aliphatic heterocycles. The summed E-state index contributed by atoms with van der Waals surface area (Å²) in [5.74, 6) is 1.72. The summed E-state index contributed by atoms with van der Waals surface area (Å²) in [7, 11) is -3.54. The lowest BCUT2D eigenvalue weighted by Crippen LogP contribution is -2.49. The Morgan fingerprint density at radius 2 is 1.34 bits per heavy atom. The van der Waals surface area contributed by atoms with E-state index in [9.17, 15) is 8.42 Å². The molecule has 3 aromatic rings. The standard InChI is InChI=1S/C22H27N7O2S/c30-32(31,20-7-5-19(6-8-20)29-14-4-11-23-29)28-17-15-27(16-18-28)22-10-9-21(24-25-22)26-12-2-1-3-13-26/h4-11,14H,1-3,12-13,15-18H2. The molecule has 0 radical (unpaired) electrons. The second-order valence-corrected chi connectivity index (χ2v) is 10.1. The lowest BCUT2D eigenvalue weighted by atomic mass is 10.1. The maximum Gasteiger partial charge on any atom is 0.243 e. The van der Waals surface area contributed by atoms with E-state index in [4.69, 9.17) is 0 Å². The monoisotopic (exact) mass is 453 g/mol. The zero-order chi connectivity index (χ0) is 22.0. The van der Waals surface area contributed by atoms with Crippen molar-refractivity contribution in [2.75, 3.05) is 49.1 Å². The number of anilines is 2. The molecule has 0 amide bonds. The number of rotatable bonds is 5. The van der Waals surface area contributed by atoms with Crippen LogP contribution in [0.25, 0.3) is 5.69 Å². The Kier molecular flexibility index (Phi) is 5.79. The van der Waals surface area contributed by atoms with E-state index in [0.29, 0.717) is 31.1 Å². The Hall–Kier alpha value is -2.98. The molecule has 168 valence electrons. The van der Waals surface area contributed by atoms with Crippen LogP contribution in [-0.2, 0) is 10.0 Å². The van der Waals surface area contributed by atoms with Crippen LogP contribution >= 0.6 is 0 Å². The molecule has 0 bridgehead atoms. The Morgan fingerprint density at radius 1 is 0.719 bits per heavy atom. The van der Waals surface area contributed by atoms with Crippen molar-refractivity contribution in [3.63, 3.8) is 0 Å². The molecular weight excluding hydrogens is 426 g/mol. The minimum atomic E-state index is -3.54. The normalized spacial score (nSPS) is 18.1. The summed E-state index contributed by atoms with van der Waals surface area (Å²) in [6, 6.07) is 12.7. The average Bonchev–Trinajstić information content (AvgIpc) is 3.40. The molecule has 32 heavy (non-hydrogen) atoms. The Bertz CT molecular complexity index is 1120. The van der Waals surface area contributed by atoms with Crippen molar-refractivity contribution in [2.24, 2.45) is 0 Å². The fourth-order valence-electron chi connectivity index (χ4n) is 4.28. The number of nitrogens with zero attached hydrogens (tertiary/aromatic N) is 7. The lowest BCUT2D eigenvalue weighted by Gasteiger charge is -2.34. The molecule has 1 aromatic carbocycles. The van der Waals surface area contributed by atoms with Gasteiger partial charge in [-0.25, -0.2) is 13.1 Å². The largest absolute Gasteiger partial charge is 0.355 e. The van der Waals surface area contributed by atoms with Crippen LogP contribution in [0.2, 0.25) is 0 Å². The highest BCUT2D eigenvalue weighted by molar-refractivity contribution is 7.89. The summed E-state index contributed by atoms with van der Waals surface area (Å²) in [5, 5.41) is 13.0. The first kappa shape index (κ1) is 20.9. The van der Waals surface area contributed by atoms with Crippen LogP contribution in [0, 0.1) is 0 Å². The van der Waals surface area contributed by atoms with Crippen molar-refractivity contribution < 1.29 is 8.42 Å². The van der Waals surface area contributed by atoms with E-state index in [1.807, 2.05) is 24.4 Å². The molecule has 2 fully saturated rings. The fourth-order valence-corrected chi connectivity index (χ4v) is 5.70. The first-order chi connectivity index (χ1) is 15.6. The van der Waals surface area contributed by atoms with Crippen molar-refractivity contribution in [3.8, 4) is 5.69 Å². The molecule has 10 heteroatoms. The molecule has 0 spiro atoms. The van der Waals surface area contributed by atoms with E-state index < -0.39 is 10.0 Å². The van der Waals surface area contributed by atoms with Gasteiger partial charge in [0.2, 0.25) is 10.0 Å². The Morgan fingerprint density at radius 3 is 1.91 bits per heavy atom. The van der Waals surface area contributed by atoms with Crippen LogP contribution in [0.5, 0.6) is 0 Å². The summed E-state index contributed by atoms with van der Waals surface area (Å²) in [4.78, 5) is 4.68. The van der Waals surface area contributed by atoms with E-state index in [1.165, 1.54) is 19.3 Å². The molecule has 4 heterocycles. The van der Waals surface area contributed by atoms with Crippen molar-refractivity contribution in [1.82, 2.24) is 24.3 Å². The number of piperidine rings is 1. The van der Waals surface area contributed by atoms with Crippen LogP contribution < -0.4 is 9.80 Å². The molecule has 0 atom stereocenters. The predicted octanol–water partition coefficient (Wildman–Crippen LogP) is 2.16. The van der Waals surface area contributed by atoms with E-state index in [-0.39, 0.29) is 0 Å². The first-order valence-electron chi connectivity index (χ1n) is 11.1. The van der Waals surface area contributed by atoms with Gasteiger partial charge in [-0.1, -0.05) is 0 Å². The van der Waals surface area contributed by atoms with Crippen molar-refractivity contribution in [2.45, 2.75) is 24.2 Å². The SMILES string of the molecule is O=S(=O)(c1ccc(-n2cccn2)cc1)N1CCN(c2ccc(N3CCCCC3)nn2)CC1. The molecule has 9 nitrogen and oxygen atoms in total. The zero-order valence-corrected chi connectivity index (χ0v) is 18.7. The summed E-state index contributed by atoms with van der Waals surface area (Å²) in [6.07, 6.45) is 7.20. The third-order valence-corrected chi connectivity index (χ3v) is 8.04. The smallest absolute Gasteiger partial charge is 0.243 e. The molecule has 5 rings (SSSR count). The zero-order valence-electron chi connectivity index (χ0n) is 17.9. The van der Waals surface area contributed by atoms with Crippen LogP contribution in [0.1, 0.15) is 19.3 Å². The van der Waals surface area contributed by atoms with Gasteiger partial charge in [-0.05, 0) is 61.7 Å². The maximum absolute atomic E-state index is 13.1. The van der Waals surface area contributed by atoms with Gasteiger partial charge in [-0.2, -0.15) is 9.40 Å². The highest BCUT2D eigenvalue weighted by Crippen LogP contribution is 2.23. The molecule has 2 aliphatic rings. The molecular formula is C22H27N7O2S. The number of hydrogen-bond donors (Lipinski definition) is 0. The third kappa shape index (κ3) is 4.20. The topological polar surface area (TPSA) is 87.5 Å². The van der Waals surface area contributed by atoms with Gasteiger partial charge in [-0.3, -0.25) is 0 Å². The number of hydrogen-bond acceptors (Lipinski definition) is 7. The number of piperazine rings is 1. The van der Waals surface area contributed by atoms with Crippen molar-refractivity contribution in [1.29, 1.82) is 0 Å². The maximum atomic E-state index is 13.1. The molecule has 2 aromatic heterocycles. The summed E-state index contributed by atoms with van der Waals surface area (Å²) < 4.78 is 29.4. The average molecular weight is 454 g/mol. The molecule has 0 saturated carbocycles. The van der Waals surface area contributed by atoms with Gasteiger partial charge in [0.25, 0.3) is 0 Å². The van der Waals surface area contributed by atoms with Crippen molar-refractivity contribution in [3.05, 3.63) is 54.9 Å². The van der Waals surface area contributed by atoms with E-state index in [2.05, 4.69) is 25.1 Å². The van der Waals surface area contributed by atoms with E-state index >= 15 is 0 Å². The second-order valence-electron chi connectivity index (χ2n) is 8.13. The number of benzene rings is 1. The van der Waals surface area contributed by atoms with Gasteiger partial charge in [0.1, 0.15) is 0 Å². The summed E-state index contributed by atoms with van der Waals surface area (Å²) in [5.41, 5.74) is 0.824. The minimum Gasteiger partial charge on any atom is -0.355 e. The van der Waals surface area contributed by atoms with Gasteiger partial charge in [-0.15, -0.1) is 10.2 Å².